The Morgan fingerprint density at radius 3 is 2.20 bits per heavy atom. The average molecular weight is 311 g/mol. The highest BCUT2D eigenvalue weighted by atomic mass is 32.2. The zero-order valence-electron chi connectivity index (χ0n) is 11.3. The molecule has 20 heavy (non-hydrogen) atoms. The van der Waals surface area contributed by atoms with E-state index in [1.165, 1.54) is 13.8 Å². The van der Waals surface area contributed by atoms with E-state index in [2.05, 4.69) is 11.6 Å². The lowest BCUT2D eigenvalue weighted by atomic mass is 9.84. The molecule has 0 saturated carbocycles. The number of aromatic nitrogens is 2. The molecule has 2 N–H and O–H groups in total. The van der Waals surface area contributed by atoms with Crippen LogP contribution in [0.2, 0.25) is 0 Å². The van der Waals surface area contributed by atoms with Crippen LogP contribution in [0.3, 0.4) is 0 Å². The number of alkyl halides is 3. The van der Waals surface area contributed by atoms with Gasteiger partial charge < -0.3 is 0 Å². The fourth-order valence-electron chi connectivity index (χ4n) is 1.86. The first kappa shape index (κ1) is 16.7. The van der Waals surface area contributed by atoms with Crippen molar-refractivity contribution in [1.29, 1.82) is 0 Å². The molecule has 0 aliphatic carbocycles. The van der Waals surface area contributed by atoms with Gasteiger partial charge in [-0.3, -0.25) is 0 Å². The van der Waals surface area contributed by atoms with Crippen LogP contribution in [0, 0.1) is 19.3 Å². The second kappa shape index (κ2) is 4.88. The Morgan fingerprint density at radius 1 is 1.40 bits per heavy atom. The Morgan fingerprint density at radius 2 is 1.90 bits per heavy atom. The topological polar surface area (TPSA) is 78.0 Å². The van der Waals surface area contributed by atoms with Crippen LogP contribution in [-0.2, 0) is 16.6 Å². The molecule has 0 aliphatic heterocycles. The molecule has 1 unspecified atom stereocenters. The molecular weight excluding hydrogens is 295 g/mol. The summed E-state index contributed by atoms with van der Waals surface area (Å²) in [5.74, 6) is 0.0218. The van der Waals surface area contributed by atoms with Crippen LogP contribution < -0.4 is 5.14 Å². The average Bonchev–Trinajstić information content (AvgIpc) is 2.51. The summed E-state index contributed by atoms with van der Waals surface area (Å²) in [6.45, 7) is 6.90. The zero-order valence-corrected chi connectivity index (χ0v) is 12.1. The molecule has 0 aromatic carbocycles. The summed E-state index contributed by atoms with van der Waals surface area (Å²) in [7, 11) is -4.09. The zero-order chi connectivity index (χ0) is 15.9. The minimum atomic E-state index is -4.51. The normalized spacial score (nSPS) is 15.9. The summed E-state index contributed by atoms with van der Waals surface area (Å²) in [5.41, 5.74) is -2.10. The van der Waals surface area contributed by atoms with Gasteiger partial charge >= 0.3 is 16.4 Å². The van der Waals surface area contributed by atoms with Crippen LogP contribution >= 0.6 is 0 Å². The standard InChI is InChI=1S/C11H16F3N3O2S/c1-5-10(4,11(12,13)14)6-9-7(2)17(8(3)16-9)20(15,18)19/h5H,1,6H2,2-4H3,(H2,15,18,19). The van der Waals surface area contributed by atoms with Crippen molar-refractivity contribution in [1.82, 2.24) is 8.96 Å². The van der Waals surface area contributed by atoms with E-state index in [0.717, 1.165) is 17.0 Å². The second-order valence-electron chi connectivity index (χ2n) is 4.80. The molecule has 5 nitrogen and oxygen atoms in total. The molecule has 1 aromatic heterocycles. The van der Waals surface area contributed by atoms with E-state index in [1.54, 1.807) is 0 Å². The first-order valence-electron chi connectivity index (χ1n) is 5.62. The number of rotatable bonds is 4. The minimum absolute atomic E-state index is 0.0218. The predicted octanol–water partition coefficient (Wildman–Crippen LogP) is 1.85. The summed E-state index contributed by atoms with van der Waals surface area (Å²) >= 11 is 0. The van der Waals surface area contributed by atoms with Crippen LogP contribution in [0.1, 0.15) is 24.1 Å². The molecule has 1 atom stereocenters. The number of imidazole rings is 1. The van der Waals surface area contributed by atoms with Crippen molar-refractivity contribution in [2.75, 3.05) is 0 Å². The van der Waals surface area contributed by atoms with Crippen molar-refractivity contribution in [3.05, 3.63) is 29.9 Å². The Bertz CT molecular complexity index is 634. The summed E-state index contributed by atoms with van der Waals surface area (Å²) in [6.07, 6.45) is -4.23. The lowest BCUT2D eigenvalue weighted by molar-refractivity contribution is -0.199. The highest BCUT2D eigenvalue weighted by molar-refractivity contribution is 7.87. The largest absolute Gasteiger partial charge is 0.397 e. The van der Waals surface area contributed by atoms with Crippen molar-refractivity contribution >= 4 is 10.2 Å². The molecular formula is C11H16F3N3O2S. The minimum Gasteiger partial charge on any atom is -0.237 e. The van der Waals surface area contributed by atoms with Gasteiger partial charge in [-0.2, -0.15) is 21.6 Å². The maximum Gasteiger partial charge on any atom is 0.397 e. The van der Waals surface area contributed by atoms with Crippen LogP contribution in [0.5, 0.6) is 0 Å². The Kier molecular flexibility index (Phi) is 4.08. The summed E-state index contributed by atoms with van der Waals surface area (Å²) in [4.78, 5) is 3.88. The fourth-order valence-corrected chi connectivity index (χ4v) is 2.76. The molecule has 0 saturated heterocycles. The van der Waals surface area contributed by atoms with Gasteiger partial charge in [-0.25, -0.2) is 14.1 Å². The van der Waals surface area contributed by atoms with E-state index < -0.39 is 28.2 Å². The van der Waals surface area contributed by atoms with Gasteiger partial charge in [0, 0.05) is 6.42 Å². The highest BCUT2D eigenvalue weighted by Gasteiger charge is 2.49. The van der Waals surface area contributed by atoms with Crippen LogP contribution in [-0.4, -0.2) is 23.6 Å². The van der Waals surface area contributed by atoms with Gasteiger partial charge in [-0.15, -0.1) is 6.58 Å². The first-order chi connectivity index (χ1) is 8.83. The van der Waals surface area contributed by atoms with E-state index in [-0.39, 0.29) is 17.2 Å². The number of nitrogens with zero attached hydrogens (tertiary/aromatic N) is 2. The number of hydrogen-bond acceptors (Lipinski definition) is 3. The molecule has 0 spiro atoms. The van der Waals surface area contributed by atoms with Gasteiger partial charge in [0.1, 0.15) is 5.82 Å². The molecule has 0 aliphatic rings. The van der Waals surface area contributed by atoms with Crippen LogP contribution in [0.25, 0.3) is 0 Å². The van der Waals surface area contributed by atoms with E-state index in [9.17, 15) is 21.6 Å². The highest BCUT2D eigenvalue weighted by Crippen LogP contribution is 2.41. The monoisotopic (exact) mass is 311 g/mol. The molecule has 1 aromatic rings. The predicted molar refractivity (Wildman–Crippen MR) is 68.3 cm³/mol. The number of halogens is 3. The van der Waals surface area contributed by atoms with Crippen LogP contribution in [0.4, 0.5) is 13.2 Å². The van der Waals surface area contributed by atoms with Gasteiger partial charge in [0.25, 0.3) is 0 Å². The van der Waals surface area contributed by atoms with E-state index in [1.807, 2.05) is 0 Å². The second-order valence-corrected chi connectivity index (χ2v) is 6.19. The maximum absolute atomic E-state index is 13.0. The molecule has 9 heteroatoms. The van der Waals surface area contributed by atoms with Crippen molar-refractivity contribution in [2.45, 2.75) is 33.4 Å². The third-order valence-electron chi connectivity index (χ3n) is 3.20. The Labute approximate surface area is 115 Å². The fraction of sp³-hybridized carbons (Fsp3) is 0.545. The lowest BCUT2D eigenvalue weighted by Crippen LogP contribution is -2.35. The van der Waals surface area contributed by atoms with E-state index in [4.69, 9.17) is 5.14 Å². The smallest absolute Gasteiger partial charge is 0.237 e. The molecule has 1 rings (SSSR count). The Hall–Kier alpha value is -1.35. The molecule has 0 radical (unpaired) electrons. The number of nitrogens with two attached hydrogens (primary N) is 1. The van der Waals surface area contributed by atoms with E-state index >= 15 is 0 Å². The van der Waals surface area contributed by atoms with E-state index in [0.29, 0.717) is 0 Å². The number of allylic oxidation sites excluding steroid dienone is 1. The van der Waals surface area contributed by atoms with Gasteiger partial charge in [-0.05, 0) is 20.8 Å². The molecule has 0 fully saturated rings. The maximum atomic E-state index is 13.0. The Balaban J connectivity index is 3.35. The van der Waals surface area contributed by atoms with Crippen molar-refractivity contribution < 1.29 is 21.6 Å². The quantitative estimate of drug-likeness (QED) is 0.862. The number of aryl methyl sites for hydroxylation is 1. The third-order valence-corrected chi connectivity index (χ3v) is 4.25. The molecule has 0 amide bonds. The molecule has 0 bridgehead atoms. The third kappa shape index (κ3) is 2.88. The van der Waals surface area contributed by atoms with Gasteiger partial charge in [-0.1, -0.05) is 6.08 Å². The van der Waals surface area contributed by atoms with Crippen molar-refractivity contribution in [3.8, 4) is 0 Å². The summed E-state index contributed by atoms with van der Waals surface area (Å²) < 4.78 is 62.5. The first-order valence-corrected chi connectivity index (χ1v) is 7.12. The summed E-state index contributed by atoms with van der Waals surface area (Å²) in [5, 5.41) is 5.01. The molecule has 1 heterocycles. The van der Waals surface area contributed by atoms with Crippen molar-refractivity contribution in [3.63, 3.8) is 0 Å². The number of hydrogen-bond donors (Lipinski definition) is 1. The van der Waals surface area contributed by atoms with Gasteiger partial charge in [0.15, 0.2) is 0 Å². The SMILES string of the molecule is C=CC(C)(Cc1nc(C)n(S(N)(=O)=O)c1C)C(F)(F)F. The van der Waals surface area contributed by atoms with Crippen molar-refractivity contribution in [2.24, 2.45) is 10.6 Å². The van der Waals surface area contributed by atoms with Crippen LogP contribution in [0.15, 0.2) is 12.7 Å². The summed E-state index contributed by atoms with van der Waals surface area (Å²) in [6, 6.07) is 0. The van der Waals surface area contributed by atoms with Gasteiger partial charge in [0.05, 0.1) is 16.8 Å². The van der Waals surface area contributed by atoms with Gasteiger partial charge in [0.2, 0.25) is 0 Å². The molecule has 114 valence electrons. The lowest BCUT2D eigenvalue weighted by Gasteiger charge is -2.28.